The molecule has 2 fully saturated rings. The van der Waals surface area contributed by atoms with Crippen molar-refractivity contribution < 1.29 is 15.0 Å². The van der Waals surface area contributed by atoms with E-state index in [9.17, 15) is 9.90 Å². The van der Waals surface area contributed by atoms with Crippen LogP contribution in [0.25, 0.3) is 0 Å². The molecule has 5 heteroatoms. The molecule has 5 N–H and O–H groups in total. The van der Waals surface area contributed by atoms with Crippen molar-refractivity contribution in [3.63, 3.8) is 0 Å². The Morgan fingerprint density at radius 2 is 1.96 bits per heavy atom. The summed E-state index contributed by atoms with van der Waals surface area (Å²) in [5.41, 5.74) is 9.12. The first-order chi connectivity index (χ1) is 13.5. The average molecular weight is 380 g/mol. The number of nitrogens with one attached hydrogen (secondary N) is 1. The molecule has 2 aliphatic carbocycles. The Labute approximate surface area is 165 Å². The van der Waals surface area contributed by atoms with Crippen LogP contribution in [0.3, 0.4) is 0 Å². The molecule has 3 aliphatic rings. The summed E-state index contributed by atoms with van der Waals surface area (Å²) in [7, 11) is 0. The number of rotatable bonds is 1. The molecule has 1 saturated heterocycles. The van der Waals surface area contributed by atoms with Crippen LogP contribution < -0.4 is 11.1 Å². The number of carboxylic acid groups (broad SMARTS) is 1. The van der Waals surface area contributed by atoms with Crippen molar-refractivity contribution in [2.75, 3.05) is 12.3 Å². The lowest BCUT2D eigenvalue weighted by molar-refractivity contribution is 0.0698. The van der Waals surface area contributed by atoms with Crippen molar-refractivity contribution in [1.82, 2.24) is 5.32 Å². The maximum atomic E-state index is 10.3. The van der Waals surface area contributed by atoms with E-state index in [1.807, 2.05) is 6.07 Å². The summed E-state index contributed by atoms with van der Waals surface area (Å²) in [6, 6.07) is 13.1. The van der Waals surface area contributed by atoms with E-state index in [1.54, 1.807) is 18.2 Å². The van der Waals surface area contributed by atoms with Gasteiger partial charge in [-0.1, -0.05) is 31.0 Å². The Balaban J connectivity index is 0.000000165. The molecule has 28 heavy (non-hydrogen) atoms. The molecular formula is C23H28N2O3. The van der Waals surface area contributed by atoms with Crippen molar-refractivity contribution in [3.05, 3.63) is 59.2 Å². The second-order valence-corrected chi connectivity index (χ2v) is 8.26. The number of hydrogen-bond donors (Lipinski definition) is 4. The molecule has 148 valence electrons. The third-order valence-electron chi connectivity index (χ3n) is 6.82. The number of anilines is 1. The Bertz CT molecular complexity index is 878. The molecule has 5 rings (SSSR count). The van der Waals surface area contributed by atoms with E-state index in [0.717, 1.165) is 18.9 Å². The average Bonchev–Trinajstić information content (AvgIpc) is 2.69. The minimum atomic E-state index is -0.988. The number of nitrogens with two attached hydrogens (primary N) is 1. The highest BCUT2D eigenvalue weighted by molar-refractivity contribution is 5.93. The van der Waals surface area contributed by atoms with Crippen molar-refractivity contribution in [3.8, 4) is 5.75 Å². The first-order valence-corrected chi connectivity index (χ1v) is 10.1. The number of aromatic hydroxyl groups is 1. The maximum absolute atomic E-state index is 10.3. The topological polar surface area (TPSA) is 95.6 Å². The van der Waals surface area contributed by atoms with Crippen LogP contribution >= 0.6 is 0 Å². The van der Waals surface area contributed by atoms with E-state index in [1.165, 1.54) is 49.3 Å². The number of carboxylic acids is 1. The standard InChI is InChI=1S/C16H21NO.C7H7NO2/c18-12-5-4-11-9-15-13-3-1-2-6-16(13,7-8-17-15)14(11)10-12;8-6-4-2-1-3-5(6)7(9)10/h4-5,10,13,15,17-18H,1-3,6-9H2;1-4H,8H2,(H,9,10)/t13-,15+,16+;/m0./s1. The fraction of sp³-hybridized carbons (Fsp3) is 0.435. The monoisotopic (exact) mass is 380 g/mol. The van der Waals surface area contributed by atoms with Gasteiger partial charge in [0.2, 0.25) is 0 Å². The summed E-state index contributed by atoms with van der Waals surface area (Å²) in [6.07, 6.45) is 7.85. The van der Waals surface area contributed by atoms with Gasteiger partial charge in [-0.15, -0.1) is 0 Å². The van der Waals surface area contributed by atoms with Crippen LogP contribution in [0.1, 0.15) is 53.6 Å². The molecule has 2 aromatic carbocycles. The number of aromatic carboxylic acids is 1. The van der Waals surface area contributed by atoms with Crippen LogP contribution in [0.4, 0.5) is 5.69 Å². The lowest BCUT2D eigenvalue weighted by Gasteiger charge is -2.56. The second kappa shape index (κ2) is 7.47. The van der Waals surface area contributed by atoms with E-state index >= 15 is 0 Å². The first kappa shape index (κ1) is 18.8. The minimum Gasteiger partial charge on any atom is -0.508 e. The third kappa shape index (κ3) is 3.24. The zero-order chi connectivity index (χ0) is 19.7. The van der Waals surface area contributed by atoms with Gasteiger partial charge in [0.1, 0.15) is 5.75 Å². The second-order valence-electron chi connectivity index (χ2n) is 8.26. The number of benzene rings is 2. The van der Waals surface area contributed by atoms with Crippen molar-refractivity contribution in [1.29, 1.82) is 0 Å². The van der Waals surface area contributed by atoms with Crippen LogP contribution in [0.15, 0.2) is 42.5 Å². The Kier molecular flexibility index (Phi) is 5.02. The van der Waals surface area contributed by atoms with Gasteiger partial charge in [-0.25, -0.2) is 4.79 Å². The van der Waals surface area contributed by atoms with Crippen LogP contribution in [0.2, 0.25) is 0 Å². The summed E-state index contributed by atoms with van der Waals surface area (Å²) in [4.78, 5) is 10.3. The SMILES string of the molecule is Nc1ccccc1C(=O)O.Oc1ccc2c(c1)[C@@]13CCCC[C@H]1[C@@H](C2)NCC3. The van der Waals surface area contributed by atoms with E-state index in [4.69, 9.17) is 10.8 Å². The minimum absolute atomic E-state index is 0.155. The van der Waals surface area contributed by atoms with E-state index in [0.29, 0.717) is 22.9 Å². The van der Waals surface area contributed by atoms with Gasteiger partial charge in [0, 0.05) is 17.1 Å². The van der Waals surface area contributed by atoms with Crippen LogP contribution in [-0.4, -0.2) is 28.8 Å². The van der Waals surface area contributed by atoms with Gasteiger partial charge in [0.05, 0.1) is 5.56 Å². The largest absolute Gasteiger partial charge is 0.508 e. The van der Waals surface area contributed by atoms with Gasteiger partial charge in [-0.2, -0.15) is 0 Å². The van der Waals surface area contributed by atoms with Gasteiger partial charge < -0.3 is 21.3 Å². The van der Waals surface area contributed by atoms with Crippen molar-refractivity contribution in [2.45, 2.75) is 50.0 Å². The molecule has 0 spiro atoms. The van der Waals surface area contributed by atoms with Crippen molar-refractivity contribution in [2.24, 2.45) is 5.92 Å². The Hall–Kier alpha value is -2.53. The maximum Gasteiger partial charge on any atom is 0.337 e. The Morgan fingerprint density at radius 1 is 1.14 bits per heavy atom. The predicted molar refractivity (Wildman–Crippen MR) is 110 cm³/mol. The summed E-state index contributed by atoms with van der Waals surface area (Å²) in [6.45, 7) is 1.15. The highest BCUT2D eigenvalue weighted by atomic mass is 16.4. The molecule has 1 saturated carbocycles. The number of phenols is 1. The molecule has 5 nitrogen and oxygen atoms in total. The predicted octanol–water partition coefficient (Wildman–Crippen LogP) is 3.71. The quantitative estimate of drug-likeness (QED) is 0.566. The normalized spacial score (nSPS) is 27.6. The Morgan fingerprint density at radius 3 is 2.71 bits per heavy atom. The molecule has 0 radical (unpaired) electrons. The molecule has 1 heterocycles. The third-order valence-corrected chi connectivity index (χ3v) is 6.82. The fourth-order valence-electron chi connectivity index (χ4n) is 5.60. The number of nitrogen functional groups attached to an aromatic ring is 1. The summed E-state index contributed by atoms with van der Waals surface area (Å²) in [5.74, 6) is 0.261. The van der Waals surface area contributed by atoms with Gasteiger partial charge in [-0.3, -0.25) is 0 Å². The highest BCUT2D eigenvalue weighted by Gasteiger charge is 2.51. The summed E-state index contributed by atoms with van der Waals surface area (Å²) < 4.78 is 0. The number of para-hydroxylation sites is 1. The van der Waals surface area contributed by atoms with Crippen LogP contribution in [0, 0.1) is 5.92 Å². The zero-order valence-electron chi connectivity index (χ0n) is 16.0. The zero-order valence-corrected chi connectivity index (χ0v) is 16.0. The molecule has 1 aliphatic heterocycles. The van der Waals surface area contributed by atoms with Gasteiger partial charge >= 0.3 is 5.97 Å². The molecular weight excluding hydrogens is 352 g/mol. The lowest BCUT2D eigenvalue weighted by atomic mass is 9.53. The molecule has 2 aromatic rings. The van der Waals surface area contributed by atoms with Gasteiger partial charge in [0.15, 0.2) is 0 Å². The summed E-state index contributed by atoms with van der Waals surface area (Å²) in [5, 5.41) is 22.1. The number of fused-ring (bicyclic) bond motifs is 1. The van der Waals surface area contributed by atoms with E-state index < -0.39 is 5.97 Å². The van der Waals surface area contributed by atoms with Crippen molar-refractivity contribution >= 4 is 11.7 Å². The van der Waals surface area contributed by atoms with Crippen LogP contribution in [-0.2, 0) is 11.8 Å². The van der Waals surface area contributed by atoms with E-state index in [2.05, 4.69) is 17.4 Å². The first-order valence-electron chi connectivity index (χ1n) is 10.1. The lowest BCUT2D eigenvalue weighted by Crippen LogP contribution is -2.59. The fourth-order valence-corrected chi connectivity index (χ4v) is 5.60. The molecule has 2 bridgehead atoms. The molecule has 0 aromatic heterocycles. The summed E-state index contributed by atoms with van der Waals surface area (Å²) >= 11 is 0. The highest BCUT2D eigenvalue weighted by Crippen LogP contribution is 2.54. The number of phenolic OH excluding ortho intramolecular Hbond substituents is 1. The van der Waals surface area contributed by atoms with Gasteiger partial charge in [-0.05, 0) is 73.5 Å². The number of carbonyl (C=O) groups is 1. The smallest absolute Gasteiger partial charge is 0.337 e. The van der Waals surface area contributed by atoms with Gasteiger partial charge in [0.25, 0.3) is 0 Å². The number of piperidine rings is 1. The molecule has 0 amide bonds. The van der Waals surface area contributed by atoms with E-state index in [-0.39, 0.29) is 5.56 Å². The molecule has 3 atom stereocenters. The molecule has 0 unspecified atom stereocenters. The number of hydrogen-bond acceptors (Lipinski definition) is 4. The van der Waals surface area contributed by atoms with Crippen LogP contribution in [0.5, 0.6) is 5.75 Å².